The summed E-state index contributed by atoms with van der Waals surface area (Å²) in [7, 11) is 1.05. The predicted molar refractivity (Wildman–Crippen MR) is 27.3 cm³/mol. The lowest BCUT2D eigenvalue weighted by atomic mass is 11.0. The highest BCUT2D eigenvalue weighted by atomic mass is 35.7. The summed E-state index contributed by atoms with van der Waals surface area (Å²) in [6.45, 7) is 0. The van der Waals surface area contributed by atoms with Crippen LogP contribution in [0.3, 0.4) is 0 Å². The van der Waals surface area contributed by atoms with Crippen LogP contribution in [0.2, 0.25) is 0 Å². The molecule has 50 valence electrons. The first-order valence-electron chi connectivity index (χ1n) is 1.82. The van der Waals surface area contributed by atoms with Crippen molar-refractivity contribution in [1.29, 1.82) is 0 Å². The molecule has 0 radical (unpaired) electrons. The van der Waals surface area contributed by atoms with E-state index in [1.54, 1.807) is 0 Å². The van der Waals surface area contributed by atoms with Crippen LogP contribution < -0.4 is 0 Å². The van der Waals surface area contributed by atoms with Crippen molar-refractivity contribution < 1.29 is 12.9 Å². The summed E-state index contributed by atoms with van der Waals surface area (Å²) < 4.78 is 24.7. The van der Waals surface area contributed by atoms with E-state index in [1.807, 2.05) is 0 Å². The Morgan fingerprint density at radius 1 is 1.67 bits per heavy atom. The molecule has 0 aromatic carbocycles. The molecule has 0 fully saturated rings. The van der Waals surface area contributed by atoms with Crippen molar-refractivity contribution >= 4 is 19.7 Å². The smallest absolute Gasteiger partial charge is 0.283 e. The number of nitrogens with zero attached hydrogens (tertiary/aromatic N) is 2. The van der Waals surface area contributed by atoms with Gasteiger partial charge in [-0.2, -0.15) is 0 Å². The molecule has 0 amide bonds. The van der Waals surface area contributed by atoms with Crippen molar-refractivity contribution in [3.8, 4) is 0 Å². The Labute approximate surface area is 55.0 Å². The van der Waals surface area contributed by atoms with Crippen molar-refractivity contribution in [3.05, 3.63) is 6.26 Å². The third kappa shape index (κ3) is 1.39. The predicted octanol–water partition coefficient (Wildman–Crippen LogP) is -0.00290. The summed E-state index contributed by atoms with van der Waals surface area (Å²) in [5.74, 6) is 0. The summed E-state index contributed by atoms with van der Waals surface area (Å²) in [6, 6.07) is 0. The van der Waals surface area contributed by atoms with E-state index < -0.39 is 9.05 Å². The Balaban J connectivity index is 3.20. The summed E-state index contributed by atoms with van der Waals surface area (Å²) >= 11 is 0. The highest BCUT2D eigenvalue weighted by Gasteiger charge is 2.13. The number of aromatic nitrogens is 2. The molecular weight excluding hydrogens is 168 g/mol. The Morgan fingerprint density at radius 2 is 2.33 bits per heavy atom. The van der Waals surface area contributed by atoms with E-state index in [1.165, 1.54) is 0 Å². The number of hydrogen-bond donors (Lipinski definition) is 0. The van der Waals surface area contributed by atoms with Crippen molar-refractivity contribution in [2.24, 2.45) is 0 Å². The van der Waals surface area contributed by atoms with E-state index in [9.17, 15) is 8.42 Å². The second-order valence-corrected chi connectivity index (χ2v) is 3.69. The minimum Gasteiger partial charge on any atom is -0.344 e. The van der Waals surface area contributed by atoms with Gasteiger partial charge in [0.1, 0.15) is 0 Å². The average Bonchev–Trinajstić information content (AvgIpc) is 2.08. The van der Waals surface area contributed by atoms with Gasteiger partial charge >= 0.3 is 0 Å². The van der Waals surface area contributed by atoms with Crippen LogP contribution in [-0.2, 0) is 9.05 Å². The number of halogens is 1. The zero-order chi connectivity index (χ0) is 6.91. The van der Waals surface area contributed by atoms with Crippen LogP contribution in [0.1, 0.15) is 0 Å². The molecule has 0 spiro atoms. The Kier molecular flexibility index (Phi) is 1.42. The average molecular weight is 169 g/mol. The SMILES string of the molecule is O=S(=O)(Cl)c1conn1. The zero-order valence-electron chi connectivity index (χ0n) is 3.98. The third-order valence-corrected chi connectivity index (χ3v) is 1.74. The Morgan fingerprint density at radius 3 is 2.56 bits per heavy atom. The number of rotatable bonds is 1. The molecule has 0 bridgehead atoms. The molecule has 1 rings (SSSR count). The first kappa shape index (κ1) is 6.50. The monoisotopic (exact) mass is 168 g/mol. The molecule has 9 heavy (non-hydrogen) atoms. The van der Waals surface area contributed by atoms with Crippen LogP contribution >= 0.6 is 10.7 Å². The van der Waals surface area contributed by atoms with Crippen molar-refractivity contribution in [3.63, 3.8) is 0 Å². The van der Waals surface area contributed by atoms with E-state index in [2.05, 4.69) is 14.9 Å². The first-order valence-corrected chi connectivity index (χ1v) is 4.13. The van der Waals surface area contributed by atoms with Gasteiger partial charge in [0.05, 0.1) is 0 Å². The van der Waals surface area contributed by atoms with Gasteiger partial charge in [0.15, 0.2) is 6.26 Å². The molecule has 0 aliphatic heterocycles. The highest BCUT2D eigenvalue weighted by Crippen LogP contribution is 2.08. The fourth-order valence-electron chi connectivity index (χ4n) is 0.262. The van der Waals surface area contributed by atoms with E-state index in [-0.39, 0.29) is 5.03 Å². The van der Waals surface area contributed by atoms with Crippen molar-refractivity contribution in [1.82, 2.24) is 10.4 Å². The van der Waals surface area contributed by atoms with Crippen molar-refractivity contribution in [2.45, 2.75) is 5.03 Å². The fraction of sp³-hybridized carbons (Fsp3) is 0. The summed E-state index contributed by atoms with van der Waals surface area (Å²) in [5.41, 5.74) is 0. The summed E-state index contributed by atoms with van der Waals surface area (Å²) in [4.78, 5) is 0. The van der Waals surface area contributed by atoms with Gasteiger partial charge < -0.3 is 4.52 Å². The zero-order valence-corrected chi connectivity index (χ0v) is 5.56. The van der Waals surface area contributed by atoms with E-state index >= 15 is 0 Å². The van der Waals surface area contributed by atoms with E-state index in [4.69, 9.17) is 10.7 Å². The molecule has 0 N–H and O–H groups in total. The molecule has 0 unspecified atom stereocenters. The van der Waals surface area contributed by atoms with Gasteiger partial charge in [0, 0.05) is 16.0 Å². The standard InChI is InChI=1S/C2HClN2O3S/c3-9(6,7)2-1-8-5-4-2/h1H. The lowest BCUT2D eigenvalue weighted by Gasteiger charge is -1.78. The maximum absolute atomic E-state index is 10.3. The molecule has 0 aliphatic rings. The summed E-state index contributed by atoms with van der Waals surface area (Å²) in [6.07, 6.45) is 0.850. The van der Waals surface area contributed by atoms with Gasteiger partial charge in [-0.05, 0) is 0 Å². The Bertz CT molecular complexity index is 277. The van der Waals surface area contributed by atoms with Gasteiger partial charge in [0.2, 0.25) is 5.03 Å². The van der Waals surface area contributed by atoms with E-state index in [0.29, 0.717) is 0 Å². The molecule has 1 heterocycles. The third-order valence-electron chi connectivity index (χ3n) is 0.590. The lowest BCUT2D eigenvalue weighted by Crippen LogP contribution is -1.89. The van der Waals surface area contributed by atoms with Crippen LogP contribution in [0.25, 0.3) is 0 Å². The lowest BCUT2D eigenvalue weighted by molar-refractivity contribution is 0.392. The molecule has 1 aromatic heterocycles. The van der Waals surface area contributed by atoms with Gasteiger partial charge in [-0.3, -0.25) is 0 Å². The molecule has 1 aromatic rings. The molecule has 0 aliphatic carbocycles. The van der Waals surface area contributed by atoms with Crippen LogP contribution in [0.4, 0.5) is 0 Å². The first-order chi connectivity index (χ1) is 4.11. The second-order valence-electron chi connectivity index (χ2n) is 1.18. The fourth-order valence-corrected chi connectivity index (χ4v) is 0.753. The van der Waals surface area contributed by atoms with Crippen LogP contribution in [-0.4, -0.2) is 18.8 Å². The molecule has 0 saturated heterocycles. The molecule has 0 saturated carbocycles. The topological polar surface area (TPSA) is 73.1 Å². The van der Waals surface area contributed by atoms with Crippen molar-refractivity contribution in [2.75, 3.05) is 0 Å². The van der Waals surface area contributed by atoms with E-state index in [0.717, 1.165) is 6.26 Å². The summed E-state index contributed by atoms with van der Waals surface area (Å²) in [5, 5.41) is 5.58. The quantitative estimate of drug-likeness (QED) is 0.552. The van der Waals surface area contributed by atoms with Crippen LogP contribution in [0.5, 0.6) is 0 Å². The van der Waals surface area contributed by atoms with Crippen LogP contribution in [0, 0.1) is 0 Å². The molecule has 5 nitrogen and oxygen atoms in total. The van der Waals surface area contributed by atoms with Gasteiger partial charge in [0.25, 0.3) is 9.05 Å². The van der Waals surface area contributed by atoms with Crippen LogP contribution in [0.15, 0.2) is 15.8 Å². The molecule has 0 atom stereocenters. The maximum atomic E-state index is 10.3. The van der Waals surface area contributed by atoms with Gasteiger partial charge in [-0.15, -0.1) is 0 Å². The second kappa shape index (κ2) is 1.96. The highest BCUT2D eigenvalue weighted by molar-refractivity contribution is 8.13. The molecular formula is C2HClN2O3S. The van der Waals surface area contributed by atoms with Gasteiger partial charge in [-0.25, -0.2) is 8.42 Å². The largest absolute Gasteiger partial charge is 0.344 e. The normalized spacial score (nSPS) is 11.7. The number of hydrogen-bond acceptors (Lipinski definition) is 5. The maximum Gasteiger partial charge on any atom is 0.283 e. The van der Waals surface area contributed by atoms with Gasteiger partial charge in [-0.1, -0.05) is 5.10 Å². The minimum atomic E-state index is -3.75. The minimum absolute atomic E-state index is 0.371. The Hall–Kier alpha value is -0.620. The molecule has 7 heteroatoms.